The molecule has 2 aromatic rings. The van der Waals surface area contributed by atoms with Gasteiger partial charge in [0, 0.05) is 0 Å². The second-order valence-corrected chi connectivity index (χ2v) is 7.42. The van der Waals surface area contributed by atoms with E-state index in [2.05, 4.69) is 6.92 Å². The SMILES string of the molecule is CCCCCCCc1ccc(Oc2ccc(S(=O)(=O)O)cc2[O-])cc1.[Na+]. The predicted octanol–water partition coefficient (Wildman–Crippen LogP) is 1.32. The molecular formula is C19H23NaO5S. The van der Waals surface area contributed by atoms with Crippen molar-refractivity contribution in [3.8, 4) is 17.2 Å². The molecule has 136 valence electrons. The molecule has 5 nitrogen and oxygen atoms in total. The van der Waals surface area contributed by atoms with Gasteiger partial charge in [-0.05, 0) is 48.7 Å². The van der Waals surface area contributed by atoms with E-state index in [0.717, 1.165) is 25.0 Å². The zero-order chi connectivity index (χ0) is 18.3. The van der Waals surface area contributed by atoms with Crippen LogP contribution in [-0.4, -0.2) is 13.0 Å². The Morgan fingerprint density at radius 1 is 1.00 bits per heavy atom. The van der Waals surface area contributed by atoms with Gasteiger partial charge in [0.15, 0.2) is 0 Å². The van der Waals surface area contributed by atoms with Gasteiger partial charge in [0.05, 0.1) is 4.90 Å². The molecule has 0 aromatic heterocycles. The van der Waals surface area contributed by atoms with Crippen LogP contribution in [0.2, 0.25) is 0 Å². The van der Waals surface area contributed by atoms with Crippen LogP contribution in [0.3, 0.4) is 0 Å². The van der Waals surface area contributed by atoms with Gasteiger partial charge >= 0.3 is 29.6 Å². The summed E-state index contributed by atoms with van der Waals surface area (Å²) in [7, 11) is -4.39. The Hall–Kier alpha value is -1.05. The largest absolute Gasteiger partial charge is 1.00 e. The van der Waals surface area contributed by atoms with Crippen molar-refractivity contribution in [3.63, 3.8) is 0 Å². The Kier molecular flexibility index (Phi) is 9.68. The molecule has 2 rings (SSSR count). The third kappa shape index (κ3) is 7.29. The van der Waals surface area contributed by atoms with Crippen LogP contribution in [0.5, 0.6) is 17.2 Å². The molecule has 1 N–H and O–H groups in total. The second-order valence-electron chi connectivity index (χ2n) is 5.99. The molecule has 0 atom stereocenters. The zero-order valence-electron chi connectivity index (χ0n) is 15.3. The smallest absolute Gasteiger partial charge is 0.870 e. The van der Waals surface area contributed by atoms with E-state index in [1.807, 2.05) is 12.1 Å². The summed E-state index contributed by atoms with van der Waals surface area (Å²) in [5.74, 6) is -0.0821. The van der Waals surface area contributed by atoms with E-state index in [-0.39, 0.29) is 35.3 Å². The Bertz CT molecular complexity index is 788. The Morgan fingerprint density at radius 3 is 2.23 bits per heavy atom. The van der Waals surface area contributed by atoms with E-state index in [1.54, 1.807) is 12.1 Å². The molecule has 2 aromatic carbocycles. The number of hydrogen-bond donors (Lipinski definition) is 1. The molecule has 0 aliphatic rings. The number of benzene rings is 2. The predicted molar refractivity (Wildman–Crippen MR) is 94.7 cm³/mol. The fourth-order valence-electron chi connectivity index (χ4n) is 2.52. The molecule has 7 heteroatoms. The summed E-state index contributed by atoms with van der Waals surface area (Å²) in [6.45, 7) is 2.20. The maximum Gasteiger partial charge on any atom is 1.00 e. The van der Waals surface area contributed by atoms with Crippen LogP contribution in [0.4, 0.5) is 0 Å². The maximum absolute atomic E-state index is 11.9. The van der Waals surface area contributed by atoms with Crippen molar-refractivity contribution >= 4 is 10.1 Å². The van der Waals surface area contributed by atoms with Gasteiger partial charge in [-0.2, -0.15) is 8.42 Å². The van der Waals surface area contributed by atoms with Gasteiger partial charge in [-0.3, -0.25) is 4.55 Å². The van der Waals surface area contributed by atoms with Crippen LogP contribution in [0.15, 0.2) is 47.4 Å². The molecular weight excluding hydrogens is 363 g/mol. The van der Waals surface area contributed by atoms with Crippen molar-refractivity contribution in [1.82, 2.24) is 0 Å². The summed E-state index contributed by atoms with van der Waals surface area (Å²) >= 11 is 0. The van der Waals surface area contributed by atoms with E-state index < -0.39 is 20.8 Å². The summed E-state index contributed by atoms with van der Waals surface area (Å²) in [5, 5.41) is 11.9. The minimum absolute atomic E-state index is 0. The van der Waals surface area contributed by atoms with E-state index in [4.69, 9.17) is 9.29 Å². The number of aryl methyl sites for hydroxylation is 1. The van der Waals surface area contributed by atoms with E-state index >= 15 is 0 Å². The average Bonchev–Trinajstić information content (AvgIpc) is 2.57. The molecule has 0 heterocycles. The van der Waals surface area contributed by atoms with Crippen LogP contribution in [0.25, 0.3) is 0 Å². The summed E-state index contributed by atoms with van der Waals surface area (Å²) in [6.07, 6.45) is 7.18. The normalized spacial score (nSPS) is 11.0. The molecule has 0 unspecified atom stereocenters. The van der Waals surface area contributed by atoms with Crippen LogP contribution < -0.4 is 39.4 Å². The van der Waals surface area contributed by atoms with Gasteiger partial charge in [-0.15, -0.1) is 0 Å². The standard InChI is InChI=1S/C19H24O5S.Na/c1-2-3-4-5-6-7-15-8-10-16(11-9-15)24-19-13-12-17(14-18(19)20)25(21,22)23;/h8-14,20H,2-7H2,1H3,(H,21,22,23);/q;+1/p-1. The molecule has 0 fully saturated rings. The van der Waals surface area contributed by atoms with Crippen molar-refractivity contribution in [2.45, 2.75) is 50.3 Å². The second kappa shape index (κ2) is 10.9. The zero-order valence-corrected chi connectivity index (χ0v) is 18.1. The third-order valence-electron chi connectivity index (χ3n) is 3.93. The quantitative estimate of drug-likeness (QED) is 0.399. The van der Waals surface area contributed by atoms with Crippen molar-refractivity contribution in [2.75, 3.05) is 0 Å². The van der Waals surface area contributed by atoms with Crippen LogP contribution in [0, 0.1) is 0 Å². The Morgan fingerprint density at radius 2 is 1.65 bits per heavy atom. The summed E-state index contributed by atoms with van der Waals surface area (Å²) in [6, 6.07) is 10.7. The maximum atomic E-state index is 11.9. The molecule has 0 radical (unpaired) electrons. The molecule has 0 aliphatic heterocycles. The molecule has 26 heavy (non-hydrogen) atoms. The van der Waals surface area contributed by atoms with Crippen LogP contribution >= 0.6 is 0 Å². The van der Waals surface area contributed by atoms with Gasteiger partial charge in [-0.25, -0.2) is 0 Å². The first-order valence-corrected chi connectivity index (χ1v) is 9.89. The third-order valence-corrected chi connectivity index (χ3v) is 4.78. The van der Waals surface area contributed by atoms with Gasteiger partial charge in [-0.1, -0.05) is 50.5 Å². The van der Waals surface area contributed by atoms with Crippen LogP contribution in [-0.2, 0) is 16.5 Å². The van der Waals surface area contributed by atoms with E-state index in [1.165, 1.54) is 37.3 Å². The average molecular weight is 386 g/mol. The number of ether oxygens (including phenoxy) is 1. The monoisotopic (exact) mass is 386 g/mol. The van der Waals surface area contributed by atoms with Crippen molar-refractivity contribution < 1.29 is 52.4 Å². The molecule has 0 bridgehead atoms. The summed E-state index contributed by atoms with van der Waals surface area (Å²) < 4.78 is 36.5. The molecule has 0 spiro atoms. The van der Waals surface area contributed by atoms with Crippen molar-refractivity contribution in [2.24, 2.45) is 0 Å². The summed E-state index contributed by atoms with van der Waals surface area (Å²) in [5.41, 5.74) is 1.22. The number of unbranched alkanes of at least 4 members (excludes halogenated alkanes) is 4. The van der Waals surface area contributed by atoms with Crippen molar-refractivity contribution in [1.29, 1.82) is 0 Å². The van der Waals surface area contributed by atoms with E-state index in [9.17, 15) is 13.5 Å². The first-order valence-electron chi connectivity index (χ1n) is 8.45. The first kappa shape index (κ1) is 23.0. The Balaban J connectivity index is 0.00000338. The molecule has 0 amide bonds. The van der Waals surface area contributed by atoms with Gasteiger partial charge in [0.2, 0.25) is 0 Å². The number of hydrogen-bond acceptors (Lipinski definition) is 4. The summed E-state index contributed by atoms with van der Waals surface area (Å²) in [4.78, 5) is -0.441. The van der Waals surface area contributed by atoms with E-state index in [0.29, 0.717) is 5.75 Å². The Labute approximate surface area is 177 Å². The molecule has 0 saturated carbocycles. The van der Waals surface area contributed by atoms with Gasteiger partial charge < -0.3 is 9.84 Å². The topological polar surface area (TPSA) is 86.7 Å². The van der Waals surface area contributed by atoms with Gasteiger partial charge in [0.25, 0.3) is 10.1 Å². The fourth-order valence-corrected chi connectivity index (χ4v) is 3.01. The molecule has 0 saturated heterocycles. The van der Waals surface area contributed by atoms with Crippen LogP contribution in [0.1, 0.15) is 44.6 Å². The number of rotatable bonds is 9. The fraction of sp³-hybridized carbons (Fsp3) is 0.368. The minimum Gasteiger partial charge on any atom is -0.870 e. The van der Waals surface area contributed by atoms with Gasteiger partial charge in [0.1, 0.15) is 11.5 Å². The van der Waals surface area contributed by atoms with Crippen molar-refractivity contribution in [3.05, 3.63) is 48.0 Å². The minimum atomic E-state index is -4.39. The first-order chi connectivity index (χ1) is 11.9. The molecule has 0 aliphatic carbocycles.